The summed E-state index contributed by atoms with van der Waals surface area (Å²) in [7, 11) is 1.37. The zero-order chi connectivity index (χ0) is 14.3. The first-order valence-corrected chi connectivity index (χ1v) is 7.62. The molecule has 1 rings (SSSR count). The first-order chi connectivity index (χ1) is 9.10. The largest absolute Gasteiger partial charge is 0.383 e. The van der Waals surface area contributed by atoms with Crippen LogP contribution < -0.4 is 5.32 Å². The summed E-state index contributed by atoms with van der Waals surface area (Å²) in [5, 5.41) is 2.18. The summed E-state index contributed by atoms with van der Waals surface area (Å²) in [6, 6.07) is 0. The van der Waals surface area contributed by atoms with Crippen molar-refractivity contribution in [2.24, 2.45) is 0 Å². The predicted molar refractivity (Wildman–Crippen MR) is 71.9 cm³/mol. The number of ether oxygens (including phenoxy) is 1. The highest BCUT2D eigenvalue weighted by Crippen LogP contribution is 2.29. The van der Waals surface area contributed by atoms with Gasteiger partial charge in [-0.3, -0.25) is 19.3 Å². The van der Waals surface area contributed by atoms with E-state index in [0.29, 0.717) is 13.2 Å². The molecule has 2 atom stereocenters. The van der Waals surface area contributed by atoms with E-state index < -0.39 is 5.25 Å². The number of nitrogens with one attached hydrogen (secondary N) is 1. The molecular weight excluding hydrogens is 275 g/mol. The van der Waals surface area contributed by atoms with Gasteiger partial charge in [0.1, 0.15) is 0 Å². The molecule has 1 saturated heterocycles. The van der Waals surface area contributed by atoms with Gasteiger partial charge in [0, 0.05) is 33.0 Å². The fraction of sp³-hybridized carbons (Fsp3) is 0.700. The van der Waals surface area contributed by atoms with Crippen molar-refractivity contribution < 1.29 is 19.1 Å². The third-order valence-electron chi connectivity index (χ3n) is 2.54. The van der Waals surface area contributed by atoms with Crippen LogP contribution >= 0.6 is 19.8 Å². The van der Waals surface area contributed by atoms with Crippen molar-refractivity contribution in [3.63, 3.8) is 0 Å². The maximum Gasteiger partial charge on any atom is 0.243 e. The first kappa shape index (κ1) is 13.8. The second-order valence-electron chi connectivity index (χ2n) is 3.79. The lowest BCUT2D eigenvalue weighted by Crippen LogP contribution is -2.36. The van der Waals surface area contributed by atoms with Crippen LogP contribution in [0, 0.1) is 0 Å². The standard InChI is InChI=1S/C10H17N2O4PS/c1-16-5-3-11-8(13)2-4-12-9(14)6-7(18-17)10(12)15/h7H,2-6,17H2,1H3,(H,11,13)/i17D. The average Bonchev–Trinajstić information content (AvgIpc) is 2.63. The van der Waals surface area contributed by atoms with Gasteiger partial charge in [-0.05, 0) is 0 Å². The van der Waals surface area contributed by atoms with Gasteiger partial charge in [0.05, 0.1) is 13.1 Å². The number of imide groups is 1. The van der Waals surface area contributed by atoms with E-state index in [1.807, 2.05) is 0 Å². The van der Waals surface area contributed by atoms with E-state index in [4.69, 9.17) is 6.02 Å². The molecule has 102 valence electrons. The van der Waals surface area contributed by atoms with Crippen LogP contribution in [0.1, 0.15) is 12.8 Å². The van der Waals surface area contributed by atoms with Crippen LogP contribution in [0.15, 0.2) is 0 Å². The second kappa shape index (κ2) is 7.71. The third kappa shape index (κ3) is 4.23. The van der Waals surface area contributed by atoms with Crippen LogP contribution in [0.5, 0.6) is 0 Å². The number of carbonyl (C=O) groups excluding carboxylic acids is 3. The smallest absolute Gasteiger partial charge is 0.243 e. The van der Waals surface area contributed by atoms with Gasteiger partial charge in [-0.2, -0.15) is 0 Å². The summed E-state index contributed by atoms with van der Waals surface area (Å²) >= 11 is 1.17. The Morgan fingerprint density at radius 3 is 3.17 bits per heavy atom. The van der Waals surface area contributed by atoms with Crippen molar-refractivity contribution in [2.45, 2.75) is 18.1 Å². The van der Waals surface area contributed by atoms with Crippen LogP contribution in [0.4, 0.5) is 0 Å². The van der Waals surface area contributed by atoms with Crippen molar-refractivity contribution in [1.29, 1.82) is 1.28 Å². The summed E-state index contributed by atoms with van der Waals surface area (Å²) in [6.45, 7) is 0.945. The van der Waals surface area contributed by atoms with Gasteiger partial charge in [-0.25, -0.2) is 0 Å². The number of nitrogens with zero attached hydrogens (tertiary/aromatic N) is 1. The lowest BCUT2D eigenvalue weighted by molar-refractivity contribution is -0.138. The van der Waals surface area contributed by atoms with E-state index in [1.54, 1.807) is 7.11 Å². The van der Waals surface area contributed by atoms with Gasteiger partial charge in [0.2, 0.25) is 17.7 Å². The summed E-state index contributed by atoms with van der Waals surface area (Å²) in [4.78, 5) is 36.0. The quantitative estimate of drug-likeness (QED) is 0.381. The number of methoxy groups -OCH3 is 1. The van der Waals surface area contributed by atoms with Crippen LogP contribution in [0.2, 0.25) is 0 Å². The molecule has 1 heterocycles. The molecule has 18 heavy (non-hydrogen) atoms. The molecule has 0 aromatic heterocycles. The van der Waals surface area contributed by atoms with E-state index >= 15 is 0 Å². The SMILES string of the molecule is [2H]PSC1CC(=O)N(CCC(=O)NCCOC)C1=O. The number of hydrogen-bond acceptors (Lipinski definition) is 5. The van der Waals surface area contributed by atoms with Gasteiger partial charge in [-0.15, -0.1) is 11.4 Å². The van der Waals surface area contributed by atoms with Gasteiger partial charge < -0.3 is 10.1 Å². The number of hydrogen-bond donors (Lipinski definition) is 1. The molecule has 2 unspecified atom stereocenters. The predicted octanol–water partition coefficient (Wildman–Crippen LogP) is -0.210. The molecule has 0 saturated carbocycles. The Balaban J connectivity index is 2.34. The highest BCUT2D eigenvalue weighted by molar-refractivity contribution is 8.44. The topological polar surface area (TPSA) is 75.7 Å². The molecule has 1 N–H and O–H groups in total. The molecule has 0 aromatic carbocycles. The van der Waals surface area contributed by atoms with Crippen LogP contribution in [0.3, 0.4) is 0 Å². The maximum absolute atomic E-state index is 11.8. The Labute approximate surface area is 113 Å². The number of rotatable bonds is 8. The summed E-state index contributed by atoms with van der Waals surface area (Å²) in [5.74, 6) is -0.749. The van der Waals surface area contributed by atoms with Crippen molar-refractivity contribution in [1.82, 2.24) is 10.2 Å². The highest BCUT2D eigenvalue weighted by atomic mass is 32.7. The Bertz CT molecular complexity index is 358. The van der Waals surface area contributed by atoms with Crippen LogP contribution in [-0.4, -0.2) is 56.0 Å². The molecule has 0 aliphatic carbocycles. The first-order valence-electron chi connectivity index (χ1n) is 6.02. The van der Waals surface area contributed by atoms with Crippen LogP contribution in [-0.2, 0) is 19.1 Å². The fourth-order valence-electron chi connectivity index (χ4n) is 1.57. The fourth-order valence-corrected chi connectivity index (χ4v) is 2.58. The minimum Gasteiger partial charge on any atom is -0.383 e. The van der Waals surface area contributed by atoms with Crippen LogP contribution in [0.25, 0.3) is 0 Å². The van der Waals surface area contributed by atoms with Gasteiger partial charge in [0.25, 0.3) is 0 Å². The Kier molecular flexibility index (Phi) is 5.90. The highest BCUT2D eigenvalue weighted by Gasteiger charge is 2.37. The summed E-state index contributed by atoms with van der Waals surface area (Å²) in [6.07, 6.45) is 0.239. The molecule has 6 nitrogen and oxygen atoms in total. The van der Waals surface area contributed by atoms with E-state index in [2.05, 4.69) is 5.32 Å². The molecular formula is C10H17N2O4PS. The van der Waals surface area contributed by atoms with Gasteiger partial charge in [-0.1, -0.05) is 8.39 Å². The van der Waals surface area contributed by atoms with E-state index in [9.17, 15) is 14.4 Å². The molecule has 8 heteroatoms. The molecule has 1 aliphatic rings. The van der Waals surface area contributed by atoms with Gasteiger partial charge >= 0.3 is 0 Å². The monoisotopic (exact) mass is 293 g/mol. The summed E-state index contributed by atoms with van der Waals surface area (Å²) in [5.41, 5.74) is 0. The Hall–Kier alpha value is -0.650. The Morgan fingerprint density at radius 2 is 2.50 bits per heavy atom. The zero-order valence-electron chi connectivity index (χ0n) is 11.1. The molecule has 0 aromatic rings. The molecule has 1 aliphatic heterocycles. The lowest BCUT2D eigenvalue weighted by Gasteiger charge is -2.14. The normalized spacial score (nSPS) is 20.8. The molecule has 1 fully saturated rings. The number of likely N-dealkylation sites (tertiary alicyclic amines) is 1. The molecule has 0 radical (unpaired) electrons. The number of amides is 3. The average molecular weight is 293 g/mol. The third-order valence-corrected chi connectivity index (χ3v) is 4.04. The minimum atomic E-state index is -0.445. The van der Waals surface area contributed by atoms with E-state index in [0.717, 1.165) is 4.90 Å². The van der Waals surface area contributed by atoms with Crippen molar-refractivity contribution in [2.75, 3.05) is 26.8 Å². The lowest BCUT2D eigenvalue weighted by atomic mass is 10.3. The van der Waals surface area contributed by atoms with E-state index in [1.165, 1.54) is 11.4 Å². The minimum absolute atomic E-state index is 0.0990. The molecule has 0 spiro atoms. The van der Waals surface area contributed by atoms with Gasteiger partial charge in [0.15, 0.2) is 0 Å². The molecule has 3 amide bonds. The van der Waals surface area contributed by atoms with Crippen molar-refractivity contribution in [3.05, 3.63) is 0 Å². The maximum atomic E-state index is 11.8. The number of carbonyl (C=O) groups is 3. The zero-order valence-corrected chi connectivity index (χ0v) is 11.9. The van der Waals surface area contributed by atoms with Crippen molar-refractivity contribution >= 4 is 37.5 Å². The molecule has 0 bridgehead atoms. The van der Waals surface area contributed by atoms with Crippen molar-refractivity contribution in [3.8, 4) is 0 Å². The second-order valence-corrected chi connectivity index (χ2v) is 5.30. The Morgan fingerprint density at radius 1 is 1.72 bits per heavy atom. The summed E-state index contributed by atoms with van der Waals surface area (Å²) < 4.78 is 11.9. The van der Waals surface area contributed by atoms with E-state index in [-0.39, 0.29) is 45.5 Å².